The Kier molecular flexibility index (Phi) is 15.2. The van der Waals surface area contributed by atoms with Crippen molar-refractivity contribution in [2.75, 3.05) is 37.9 Å². The van der Waals surface area contributed by atoms with E-state index in [4.69, 9.17) is 14.5 Å². The maximum atomic E-state index is 15.5. The summed E-state index contributed by atoms with van der Waals surface area (Å²) in [7, 11) is 0. The molecule has 1 aliphatic carbocycles. The van der Waals surface area contributed by atoms with Crippen LogP contribution >= 0.6 is 0 Å². The fourth-order valence-electron chi connectivity index (χ4n) is 10.3. The van der Waals surface area contributed by atoms with Crippen LogP contribution in [0.3, 0.4) is 0 Å². The zero-order chi connectivity index (χ0) is 55.6. The first-order valence-electron chi connectivity index (χ1n) is 25.1. The van der Waals surface area contributed by atoms with E-state index in [-0.39, 0.29) is 43.5 Å². The predicted molar refractivity (Wildman–Crippen MR) is 275 cm³/mol. The SMILES string of the molecule is CC[C@@]1(O)C(=O)OCc2c1cc1n(c2=O)Cc2c-1nc1cc(F)c(C)c3c1c2[C@@](C)(NC(=O)COCNC(=O)CNC(=O)[C@H](Cc1ccccc1)NC(=O)CNC(=O)CNC(=O)Cc1ccc(N2C(=O)C=CC2=O)cc1)CC3. The first-order chi connectivity index (χ1) is 37.3. The Morgan fingerprint density at radius 2 is 1.50 bits per heavy atom. The number of carbonyl (C=O) groups excluding carboxylic acids is 9. The van der Waals surface area contributed by atoms with Crippen LogP contribution in [0.25, 0.3) is 22.3 Å². The summed E-state index contributed by atoms with van der Waals surface area (Å²) in [6.07, 6.45) is 2.86. The number of fused-ring (bicyclic) bond motifs is 5. The topological polar surface area (TPSA) is 303 Å². The van der Waals surface area contributed by atoms with Crippen molar-refractivity contribution in [2.24, 2.45) is 0 Å². The molecule has 23 heteroatoms. The van der Waals surface area contributed by atoms with Gasteiger partial charge in [0.05, 0.1) is 66.3 Å². The van der Waals surface area contributed by atoms with Gasteiger partial charge in [-0.25, -0.2) is 19.1 Å². The molecule has 0 bridgehead atoms. The van der Waals surface area contributed by atoms with Gasteiger partial charge in [-0.05, 0) is 79.1 Å². The molecule has 2 aromatic heterocycles. The highest BCUT2D eigenvalue weighted by atomic mass is 19.1. The van der Waals surface area contributed by atoms with Crippen molar-refractivity contribution in [1.82, 2.24) is 41.5 Å². The highest BCUT2D eigenvalue weighted by Crippen LogP contribution is 2.48. The van der Waals surface area contributed by atoms with Gasteiger partial charge in [0.25, 0.3) is 17.4 Å². The van der Waals surface area contributed by atoms with Gasteiger partial charge in [0.2, 0.25) is 35.4 Å². The summed E-state index contributed by atoms with van der Waals surface area (Å²) in [5.74, 6) is -6.23. The van der Waals surface area contributed by atoms with Crippen molar-refractivity contribution in [3.8, 4) is 11.4 Å². The van der Waals surface area contributed by atoms with Crippen molar-refractivity contribution in [1.29, 1.82) is 0 Å². The number of hydrogen-bond acceptors (Lipinski definition) is 14. The molecule has 8 amide bonds. The van der Waals surface area contributed by atoms with E-state index < -0.39 is 115 Å². The number of aliphatic hydroxyl groups is 1. The van der Waals surface area contributed by atoms with Gasteiger partial charge < -0.3 is 51.0 Å². The summed E-state index contributed by atoms with van der Waals surface area (Å²) in [5.41, 5.74) is 1.50. The number of rotatable bonds is 19. The number of hydrogen-bond donors (Lipinski definition) is 7. The standard InChI is InChI=1S/C55H54FN9O13/c1-4-55(76)36-20-40-50-34(25-64(40)52(74)35(36)26-78-53(55)75)49-48-33(29(2)37(56)21-38(48)62-50)16-17-54(49,3)63-45(70)27-77-28-60-43(68)23-59-51(73)39(18-30-8-6-5-7-9-30)61-44(69)24-58-42(67)22-57-41(66)19-31-10-12-32(13-11-31)65-46(71)14-15-47(65)72/h5-15,20-21,39,76H,4,16-19,22-28H2,1-3H3,(H,57,66)(H,58,67)(H,59,73)(H,60,68)(H,61,69)(H,63,70)/t39-,54-,55-/m0/s1. The molecule has 22 nitrogen and oxygen atoms in total. The summed E-state index contributed by atoms with van der Waals surface area (Å²) in [6, 6.07) is 16.6. The third kappa shape index (κ3) is 10.7. The van der Waals surface area contributed by atoms with Crippen LogP contribution < -0.4 is 42.4 Å². The van der Waals surface area contributed by atoms with E-state index in [2.05, 4.69) is 31.9 Å². The van der Waals surface area contributed by atoms with Gasteiger partial charge in [-0.1, -0.05) is 49.4 Å². The number of nitrogens with zero attached hydrogens (tertiary/aromatic N) is 3. The van der Waals surface area contributed by atoms with E-state index in [1.165, 1.54) is 22.8 Å². The molecule has 3 aromatic carbocycles. The second-order valence-electron chi connectivity index (χ2n) is 19.5. The Balaban J connectivity index is 0.764. The summed E-state index contributed by atoms with van der Waals surface area (Å²) >= 11 is 0. The maximum absolute atomic E-state index is 15.5. The summed E-state index contributed by atoms with van der Waals surface area (Å²) in [4.78, 5) is 135. The lowest BCUT2D eigenvalue weighted by Crippen LogP contribution is -2.52. The zero-order valence-electron chi connectivity index (χ0n) is 42.6. The van der Waals surface area contributed by atoms with Crippen LogP contribution in [0.1, 0.15) is 71.2 Å². The number of aromatic nitrogens is 2. The third-order valence-electron chi connectivity index (χ3n) is 14.4. The molecule has 5 aromatic rings. The molecular formula is C55H54FN9O13. The van der Waals surface area contributed by atoms with Gasteiger partial charge in [-0.2, -0.15) is 0 Å². The van der Waals surface area contributed by atoms with Crippen LogP contribution in [0, 0.1) is 12.7 Å². The lowest BCUT2D eigenvalue weighted by atomic mass is 9.74. The van der Waals surface area contributed by atoms with E-state index in [0.29, 0.717) is 74.2 Å². The normalized spacial score (nSPS) is 18.1. The molecule has 5 heterocycles. The second-order valence-corrected chi connectivity index (χ2v) is 19.5. The smallest absolute Gasteiger partial charge is 0.343 e. The van der Waals surface area contributed by atoms with Gasteiger partial charge in [0.15, 0.2) is 5.60 Å². The van der Waals surface area contributed by atoms with Crippen molar-refractivity contribution in [3.63, 3.8) is 0 Å². The first kappa shape index (κ1) is 53.9. The molecule has 0 saturated heterocycles. The molecule has 0 fully saturated rings. The van der Waals surface area contributed by atoms with Crippen molar-refractivity contribution < 1.29 is 62.1 Å². The van der Waals surface area contributed by atoms with Gasteiger partial charge in [0, 0.05) is 41.2 Å². The lowest BCUT2D eigenvalue weighted by molar-refractivity contribution is -0.172. The quantitative estimate of drug-likeness (QED) is 0.0254. The fraction of sp³-hybridized carbons (Fsp3) is 0.327. The highest BCUT2D eigenvalue weighted by molar-refractivity contribution is 6.28. The molecule has 78 heavy (non-hydrogen) atoms. The van der Waals surface area contributed by atoms with E-state index in [9.17, 15) is 53.1 Å². The largest absolute Gasteiger partial charge is 0.458 e. The zero-order valence-corrected chi connectivity index (χ0v) is 42.6. The van der Waals surface area contributed by atoms with Gasteiger partial charge in [0.1, 0.15) is 31.8 Å². The molecular weight excluding hydrogens is 1010 g/mol. The minimum absolute atomic E-state index is 0.0216. The molecule has 0 radical (unpaired) electrons. The van der Waals surface area contributed by atoms with Crippen molar-refractivity contribution in [3.05, 3.63) is 140 Å². The highest BCUT2D eigenvalue weighted by Gasteiger charge is 2.47. The Bertz CT molecular complexity index is 3440. The molecule has 0 unspecified atom stereocenters. The van der Waals surface area contributed by atoms with Crippen LogP contribution in [0.5, 0.6) is 0 Å². The number of halogens is 1. The number of cyclic esters (lactones) is 1. The second kappa shape index (κ2) is 21.9. The number of aryl methyl sites for hydroxylation is 1. The number of esters is 1. The minimum atomic E-state index is -2.06. The van der Waals surface area contributed by atoms with E-state index >= 15 is 4.39 Å². The number of pyridine rings is 2. The van der Waals surface area contributed by atoms with Crippen molar-refractivity contribution in [2.45, 2.75) is 83.2 Å². The number of nitrogens with one attached hydrogen (secondary N) is 6. The fourth-order valence-corrected chi connectivity index (χ4v) is 10.3. The number of benzene rings is 3. The molecule has 0 spiro atoms. The van der Waals surface area contributed by atoms with Crippen LogP contribution in [0.4, 0.5) is 10.1 Å². The van der Waals surface area contributed by atoms with Crippen LogP contribution in [-0.2, 0) is 96.2 Å². The molecule has 0 saturated carbocycles. The molecule has 3 atom stereocenters. The van der Waals surface area contributed by atoms with Crippen molar-refractivity contribution >= 4 is 69.8 Å². The van der Waals surface area contributed by atoms with E-state index in [1.54, 1.807) is 62.4 Å². The average Bonchev–Trinajstić information content (AvgIpc) is 4.18. The molecule has 7 N–H and O–H groups in total. The number of amides is 8. The van der Waals surface area contributed by atoms with Gasteiger partial charge in [-0.15, -0.1) is 0 Å². The molecule has 9 rings (SSSR count). The summed E-state index contributed by atoms with van der Waals surface area (Å²) in [5, 5.41) is 27.5. The van der Waals surface area contributed by atoms with Crippen LogP contribution in [0.15, 0.2) is 83.7 Å². The molecule has 3 aliphatic heterocycles. The number of ether oxygens (including phenoxy) is 2. The number of carbonyl (C=O) groups is 9. The predicted octanol–water partition coefficient (Wildman–Crippen LogP) is 0.643. The number of imide groups is 1. The van der Waals surface area contributed by atoms with Crippen LogP contribution in [-0.4, -0.2) is 107 Å². The summed E-state index contributed by atoms with van der Waals surface area (Å²) in [6.45, 7) is 2.29. The van der Waals surface area contributed by atoms with E-state index in [1.807, 2.05) is 6.92 Å². The molecule has 4 aliphatic rings. The Morgan fingerprint density at radius 1 is 0.821 bits per heavy atom. The lowest BCUT2D eigenvalue weighted by Gasteiger charge is -2.38. The average molecular weight is 1070 g/mol. The van der Waals surface area contributed by atoms with Gasteiger partial charge >= 0.3 is 5.97 Å². The van der Waals surface area contributed by atoms with E-state index in [0.717, 1.165) is 17.1 Å². The minimum Gasteiger partial charge on any atom is -0.458 e. The number of anilines is 1. The van der Waals surface area contributed by atoms with Gasteiger partial charge in [-0.3, -0.25) is 43.2 Å². The van der Waals surface area contributed by atoms with Crippen LogP contribution in [0.2, 0.25) is 0 Å². The first-order valence-corrected chi connectivity index (χ1v) is 25.1. The third-order valence-corrected chi connectivity index (χ3v) is 14.4. The Hall–Kier alpha value is -8.96. The monoisotopic (exact) mass is 1070 g/mol. The Labute approximate surface area is 444 Å². The summed E-state index contributed by atoms with van der Waals surface area (Å²) < 4.78 is 27.7. The molecule has 404 valence electrons. The Morgan fingerprint density at radius 3 is 2.22 bits per heavy atom. The maximum Gasteiger partial charge on any atom is 0.343 e.